The third-order valence-corrected chi connectivity index (χ3v) is 8.44. The van der Waals surface area contributed by atoms with Crippen LogP contribution in [0.2, 0.25) is 0 Å². The van der Waals surface area contributed by atoms with Crippen LogP contribution in [0.25, 0.3) is 76.5 Å². The number of fused-ring (bicyclic) bond motifs is 8. The Kier molecular flexibility index (Phi) is 4.36. The quantitative estimate of drug-likeness (QED) is 0.220. The van der Waals surface area contributed by atoms with Crippen LogP contribution in [-0.4, -0.2) is 9.13 Å². The van der Waals surface area contributed by atoms with Crippen molar-refractivity contribution in [3.63, 3.8) is 0 Å². The maximum atomic E-state index is 2.45. The SMILES string of the molecule is c1ccc(-n2c3ccccc3c3cc4cc5c(cc4cc32)c2ccccc2n5-c2cccc3ccccc23)cc1. The van der Waals surface area contributed by atoms with Gasteiger partial charge in [-0.2, -0.15) is 0 Å². The zero-order valence-electron chi connectivity index (χ0n) is 21.8. The molecule has 0 radical (unpaired) electrons. The van der Waals surface area contributed by atoms with Gasteiger partial charge in [-0.05, 0) is 70.8 Å². The highest BCUT2D eigenvalue weighted by Gasteiger charge is 2.17. The molecule has 2 heteroatoms. The molecule has 0 unspecified atom stereocenters. The van der Waals surface area contributed by atoms with Crippen LogP contribution in [0.3, 0.4) is 0 Å². The molecule has 0 saturated carbocycles. The molecule has 9 aromatic rings. The van der Waals surface area contributed by atoms with Crippen molar-refractivity contribution in [3.05, 3.63) is 146 Å². The second-order valence-electron chi connectivity index (χ2n) is 10.6. The Hall–Kier alpha value is -5.34. The van der Waals surface area contributed by atoms with E-state index in [1.807, 2.05) is 0 Å². The summed E-state index contributed by atoms with van der Waals surface area (Å²) in [7, 11) is 0. The summed E-state index contributed by atoms with van der Waals surface area (Å²) in [6, 6.07) is 53.1. The second kappa shape index (κ2) is 8.08. The Morgan fingerprint density at radius 2 is 0.825 bits per heavy atom. The zero-order valence-corrected chi connectivity index (χ0v) is 21.8. The molecule has 2 aromatic heterocycles. The largest absolute Gasteiger partial charge is 0.309 e. The average Bonchev–Trinajstić information content (AvgIpc) is 3.51. The maximum absolute atomic E-state index is 2.45. The summed E-state index contributed by atoms with van der Waals surface area (Å²) in [6.07, 6.45) is 0. The van der Waals surface area contributed by atoms with Gasteiger partial charge >= 0.3 is 0 Å². The van der Waals surface area contributed by atoms with Gasteiger partial charge in [0.1, 0.15) is 0 Å². The minimum Gasteiger partial charge on any atom is -0.309 e. The molecule has 9 rings (SSSR count). The predicted octanol–water partition coefficient (Wildman–Crippen LogP) is 10.2. The Balaban J connectivity index is 1.43. The fraction of sp³-hybridized carbons (Fsp3) is 0. The zero-order chi connectivity index (χ0) is 26.2. The van der Waals surface area contributed by atoms with Crippen molar-refractivity contribution in [3.8, 4) is 11.4 Å². The highest BCUT2D eigenvalue weighted by Crippen LogP contribution is 2.40. The van der Waals surface area contributed by atoms with E-state index in [1.165, 1.54) is 76.5 Å². The molecule has 0 spiro atoms. The van der Waals surface area contributed by atoms with Crippen LogP contribution in [0.5, 0.6) is 0 Å². The smallest absolute Gasteiger partial charge is 0.0547 e. The lowest BCUT2D eigenvalue weighted by Gasteiger charge is -2.12. The normalized spacial score (nSPS) is 12.0. The molecule has 0 aliphatic heterocycles. The topological polar surface area (TPSA) is 9.86 Å². The molecule has 0 fully saturated rings. The first-order valence-electron chi connectivity index (χ1n) is 13.8. The molecule has 40 heavy (non-hydrogen) atoms. The first-order valence-corrected chi connectivity index (χ1v) is 13.8. The summed E-state index contributed by atoms with van der Waals surface area (Å²) in [6.45, 7) is 0. The summed E-state index contributed by atoms with van der Waals surface area (Å²) in [5.41, 5.74) is 7.32. The number of benzene rings is 7. The fourth-order valence-electron chi connectivity index (χ4n) is 6.70. The lowest BCUT2D eigenvalue weighted by Crippen LogP contribution is -1.95. The highest BCUT2D eigenvalue weighted by molar-refractivity contribution is 6.18. The van der Waals surface area contributed by atoms with Crippen molar-refractivity contribution in [2.75, 3.05) is 0 Å². The van der Waals surface area contributed by atoms with E-state index in [0.717, 1.165) is 0 Å². The molecule has 7 aromatic carbocycles. The molecule has 2 nitrogen and oxygen atoms in total. The molecular weight excluding hydrogens is 484 g/mol. The first-order chi connectivity index (χ1) is 19.8. The Bertz CT molecular complexity index is 2420. The second-order valence-corrected chi connectivity index (χ2v) is 10.6. The third kappa shape index (κ3) is 2.93. The summed E-state index contributed by atoms with van der Waals surface area (Å²) in [4.78, 5) is 0. The van der Waals surface area contributed by atoms with Crippen molar-refractivity contribution in [1.29, 1.82) is 0 Å². The van der Waals surface area contributed by atoms with Crippen LogP contribution in [0.1, 0.15) is 0 Å². The number of para-hydroxylation sites is 3. The van der Waals surface area contributed by atoms with E-state index in [4.69, 9.17) is 0 Å². The maximum Gasteiger partial charge on any atom is 0.0547 e. The summed E-state index contributed by atoms with van der Waals surface area (Å²) in [5.74, 6) is 0. The van der Waals surface area contributed by atoms with Gasteiger partial charge in [0.25, 0.3) is 0 Å². The van der Waals surface area contributed by atoms with Gasteiger partial charge in [0.15, 0.2) is 0 Å². The van der Waals surface area contributed by atoms with Crippen LogP contribution in [0.4, 0.5) is 0 Å². The van der Waals surface area contributed by atoms with Crippen molar-refractivity contribution < 1.29 is 0 Å². The van der Waals surface area contributed by atoms with E-state index in [9.17, 15) is 0 Å². The van der Waals surface area contributed by atoms with Gasteiger partial charge in [-0.15, -0.1) is 0 Å². The first kappa shape index (κ1) is 21.6. The molecule has 0 bridgehead atoms. The number of rotatable bonds is 2. The highest BCUT2D eigenvalue weighted by atomic mass is 15.0. The molecule has 0 N–H and O–H groups in total. The van der Waals surface area contributed by atoms with E-state index in [1.54, 1.807) is 0 Å². The van der Waals surface area contributed by atoms with E-state index < -0.39 is 0 Å². The van der Waals surface area contributed by atoms with E-state index in [0.29, 0.717) is 0 Å². The van der Waals surface area contributed by atoms with Crippen molar-refractivity contribution in [2.45, 2.75) is 0 Å². The fourth-order valence-corrected chi connectivity index (χ4v) is 6.70. The number of hydrogen-bond donors (Lipinski definition) is 0. The molecule has 186 valence electrons. The Morgan fingerprint density at radius 3 is 1.52 bits per heavy atom. The van der Waals surface area contributed by atoms with E-state index in [-0.39, 0.29) is 0 Å². The van der Waals surface area contributed by atoms with Gasteiger partial charge in [0.2, 0.25) is 0 Å². The molecule has 2 heterocycles. The van der Waals surface area contributed by atoms with Crippen LogP contribution < -0.4 is 0 Å². The van der Waals surface area contributed by atoms with Crippen molar-refractivity contribution in [2.24, 2.45) is 0 Å². The van der Waals surface area contributed by atoms with Crippen LogP contribution in [0, 0.1) is 0 Å². The average molecular weight is 509 g/mol. The van der Waals surface area contributed by atoms with Gasteiger partial charge in [-0.1, -0.05) is 91.0 Å². The number of nitrogens with zero attached hydrogens (tertiary/aromatic N) is 2. The summed E-state index contributed by atoms with van der Waals surface area (Å²) in [5, 5.41) is 10.1. The third-order valence-electron chi connectivity index (χ3n) is 8.44. The van der Waals surface area contributed by atoms with Crippen LogP contribution in [-0.2, 0) is 0 Å². The number of hydrogen-bond acceptors (Lipinski definition) is 0. The lowest BCUT2D eigenvalue weighted by atomic mass is 10.0. The lowest BCUT2D eigenvalue weighted by molar-refractivity contribution is 1.18. The van der Waals surface area contributed by atoms with Crippen molar-refractivity contribution >= 4 is 65.2 Å². The minimum absolute atomic E-state index is 1.18. The van der Waals surface area contributed by atoms with Gasteiger partial charge in [0, 0.05) is 32.6 Å². The van der Waals surface area contributed by atoms with Gasteiger partial charge in [-0.25, -0.2) is 0 Å². The standard InChI is InChI=1S/C38H24N2/c1-2-13-28(14-3-1)39-35-18-8-6-16-30(35)32-21-27-24-38-33(22-26(27)23-37(32)39)31-17-7-9-19-36(31)40(38)34-20-10-12-25-11-4-5-15-29(25)34/h1-24H. The van der Waals surface area contributed by atoms with Crippen LogP contribution >= 0.6 is 0 Å². The minimum atomic E-state index is 1.18. The molecule has 0 aliphatic rings. The van der Waals surface area contributed by atoms with E-state index in [2.05, 4.69) is 155 Å². The molecule has 0 amide bonds. The molecular formula is C38H24N2. The van der Waals surface area contributed by atoms with Crippen LogP contribution in [0.15, 0.2) is 146 Å². The monoisotopic (exact) mass is 508 g/mol. The Labute approximate surface area is 230 Å². The van der Waals surface area contributed by atoms with E-state index >= 15 is 0 Å². The summed E-state index contributed by atoms with van der Waals surface area (Å²) >= 11 is 0. The number of aromatic nitrogens is 2. The molecule has 0 atom stereocenters. The van der Waals surface area contributed by atoms with Gasteiger partial charge in [-0.3, -0.25) is 0 Å². The molecule has 0 aliphatic carbocycles. The van der Waals surface area contributed by atoms with Gasteiger partial charge in [0.05, 0.1) is 27.8 Å². The van der Waals surface area contributed by atoms with Crippen molar-refractivity contribution in [1.82, 2.24) is 9.13 Å². The predicted molar refractivity (Wildman–Crippen MR) is 170 cm³/mol. The summed E-state index contributed by atoms with van der Waals surface area (Å²) < 4.78 is 4.84. The van der Waals surface area contributed by atoms with Gasteiger partial charge < -0.3 is 9.13 Å². The Morgan fingerprint density at radius 1 is 0.300 bits per heavy atom. The molecule has 0 saturated heterocycles.